The molecule has 0 saturated carbocycles. The lowest BCUT2D eigenvalue weighted by Gasteiger charge is -2.27. The second kappa shape index (κ2) is 11.7. The van der Waals surface area contributed by atoms with Crippen molar-refractivity contribution in [2.75, 3.05) is 13.2 Å². The number of rotatable bonds is 11. The number of benzene rings is 1. The summed E-state index contributed by atoms with van der Waals surface area (Å²) in [6.07, 6.45) is 5.59. The van der Waals surface area contributed by atoms with E-state index in [-0.39, 0.29) is 11.4 Å². The Balaban J connectivity index is 1.72. The van der Waals surface area contributed by atoms with E-state index in [4.69, 9.17) is 9.31 Å². The highest BCUT2D eigenvalue weighted by Gasteiger charge is 2.36. The molecule has 1 aromatic carbocycles. The van der Waals surface area contributed by atoms with E-state index in [1.54, 1.807) is 0 Å². The molecule has 0 atom stereocenters. The molecule has 2 rings (SSSR count). The van der Waals surface area contributed by atoms with Crippen molar-refractivity contribution in [3.8, 4) is 5.75 Å². The molecule has 29 heavy (non-hydrogen) atoms. The van der Waals surface area contributed by atoms with E-state index in [1.807, 2.05) is 0 Å². The van der Waals surface area contributed by atoms with Gasteiger partial charge in [0.25, 0.3) is 0 Å². The molecule has 0 amide bonds. The minimum Gasteiger partial charge on any atom is -0.407 e. The fourth-order valence-corrected chi connectivity index (χ4v) is 3.40. The van der Waals surface area contributed by atoms with Gasteiger partial charge in [0.05, 0.1) is 0 Å². The maximum atomic E-state index is 13.8. The van der Waals surface area contributed by atoms with E-state index in [0.717, 1.165) is 31.4 Å². The minimum absolute atomic E-state index is 0.0138. The molecule has 1 aliphatic rings. The van der Waals surface area contributed by atoms with E-state index in [0.29, 0.717) is 13.2 Å². The maximum absolute atomic E-state index is 13.8. The minimum atomic E-state index is -5.18. The van der Waals surface area contributed by atoms with Crippen molar-refractivity contribution in [2.45, 2.75) is 71.1 Å². The summed E-state index contributed by atoms with van der Waals surface area (Å²) in [5, 5.41) is 0. The average Bonchev–Trinajstić information content (AvgIpc) is 2.66. The second-order valence-electron chi connectivity index (χ2n) is 7.49. The van der Waals surface area contributed by atoms with Crippen LogP contribution >= 0.6 is 0 Å². The normalized spacial score (nSPS) is 15.7. The molecule has 9 heteroatoms. The van der Waals surface area contributed by atoms with Gasteiger partial charge in [-0.15, -0.1) is 13.2 Å². The number of unbranched alkanes of at least 4 members (excludes halogenated alkanes) is 7. The first kappa shape index (κ1) is 23.9. The van der Waals surface area contributed by atoms with E-state index < -0.39 is 30.9 Å². The van der Waals surface area contributed by atoms with E-state index in [2.05, 4.69) is 11.7 Å². The van der Waals surface area contributed by atoms with Crippen LogP contribution in [0.1, 0.15) is 64.7 Å². The van der Waals surface area contributed by atoms with Crippen LogP contribution in [0.4, 0.5) is 22.0 Å². The Hall–Kier alpha value is -1.35. The van der Waals surface area contributed by atoms with Gasteiger partial charge in [0.2, 0.25) is 5.75 Å². The summed E-state index contributed by atoms with van der Waals surface area (Å²) in [4.78, 5) is 0. The Kier molecular flexibility index (Phi) is 9.69. The highest BCUT2D eigenvalue weighted by molar-refractivity contribution is 6.61. The molecule has 164 valence electrons. The summed E-state index contributed by atoms with van der Waals surface area (Å²) in [5.41, 5.74) is -0.0138. The highest BCUT2D eigenvalue weighted by Crippen LogP contribution is 2.28. The molecular weight excluding hydrogens is 394 g/mol. The zero-order chi connectivity index (χ0) is 21.3. The van der Waals surface area contributed by atoms with Gasteiger partial charge in [-0.1, -0.05) is 58.3 Å². The predicted molar refractivity (Wildman–Crippen MR) is 101 cm³/mol. The van der Waals surface area contributed by atoms with Crippen LogP contribution in [0.15, 0.2) is 12.1 Å². The predicted octanol–water partition coefficient (Wildman–Crippen LogP) is 5.75. The molecule has 1 fully saturated rings. The van der Waals surface area contributed by atoms with E-state index in [1.165, 1.54) is 38.5 Å². The average molecular weight is 422 g/mol. The van der Waals surface area contributed by atoms with Crippen molar-refractivity contribution in [3.63, 3.8) is 0 Å². The van der Waals surface area contributed by atoms with Crippen LogP contribution in [0.5, 0.6) is 5.75 Å². The second-order valence-corrected chi connectivity index (χ2v) is 7.49. The van der Waals surface area contributed by atoms with Crippen LogP contribution in [-0.2, 0) is 9.31 Å². The van der Waals surface area contributed by atoms with Gasteiger partial charge in [0.1, 0.15) is 0 Å². The zero-order valence-electron chi connectivity index (χ0n) is 16.7. The summed E-state index contributed by atoms with van der Waals surface area (Å²) in [5.74, 6) is -4.19. The Morgan fingerprint density at radius 2 is 1.45 bits per heavy atom. The van der Waals surface area contributed by atoms with Crippen LogP contribution in [-0.4, -0.2) is 26.7 Å². The number of halogens is 5. The Morgan fingerprint density at radius 3 is 1.97 bits per heavy atom. The van der Waals surface area contributed by atoms with Crippen molar-refractivity contribution >= 4 is 12.6 Å². The fraction of sp³-hybridized carbons (Fsp3) is 0.700. The first-order valence-electron chi connectivity index (χ1n) is 10.3. The topological polar surface area (TPSA) is 27.7 Å². The van der Waals surface area contributed by atoms with E-state index in [9.17, 15) is 22.0 Å². The monoisotopic (exact) mass is 422 g/mol. The third kappa shape index (κ3) is 8.50. The molecule has 0 spiro atoms. The summed E-state index contributed by atoms with van der Waals surface area (Å²) in [6.45, 7) is 2.96. The summed E-state index contributed by atoms with van der Waals surface area (Å²) in [6, 6.07) is 1.49. The standard InChI is InChI=1S/C20H28BF5O3/c1-2-3-4-5-6-7-8-9-10-15-13-27-21(28-14-15)16-11-17(22)19(18(23)12-16)29-20(24,25)26/h11-12,15H,2-10,13-14H2,1H3. The van der Waals surface area contributed by atoms with Gasteiger partial charge in [0, 0.05) is 19.1 Å². The van der Waals surface area contributed by atoms with Crippen LogP contribution in [0.2, 0.25) is 0 Å². The van der Waals surface area contributed by atoms with Gasteiger partial charge < -0.3 is 14.0 Å². The van der Waals surface area contributed by atoms with Gasteiger partial charge in [-0.2, -0.15) is 0 Å². The molecule has 3 nitrogen and oxygen atoms in total. The lowest BCUT2D eigenvalue weighted by atomic mass is 9.77. The molecule has 1 aromatic rings. The molecule has 0 radical (unpaired) electrons. The first-order chi connectivity index (χ1) is 13.8. The molecule has 0 bridgehead atoms. The Labute approximate surface area is 169 Å². The number of alkyl halides is 3. The Morgan fingerprint density at radius 1 is 0.931 bits per heavy atom. The van der Waals surface area contributed by atoms with Crippen molar-refractivity contribution in [1.29, 1.82) is 0 Å². The number of hydrogen-bond donors (Lipinski definition) is 0. The van der Waals surface area contributed by atoms with Gasteiger partial charge >= 0.3 is 13.5 Å². The summed E-state index contributed by atoms with van der Waals surface area (Å²) < 4.78 is 78.8. The first-order valence-corrected chi connectivity index (χ1v) is 10.3. The fourth-order valence-electron chi connectivity index (χ4n) is 3.40. The van der Waals surface area contributed by atoms with Crippen molar-refractivity contribution in [2.24, 2.45) is 5.92 Å². The largest absolute Gasteiger partial charge is 0.573 e. The summed E-state index contributed by atoms with van der Waals surface area (Å²) >= 11 is 0. The Bertz CT molecular complexity index is 596. The third-order valence-corrected chi connectivity index (χ3v) is 4.94. The lowest BCUT2D eigenvalue weighted by Crippen LogP contribution is -2.44. The zero-order valence-corrected chi connectivity index (χ0v) is 16.7. The maximum Gasteiger partial charge on any atom is 0.573 e. The molecule has 1 heterocycles. The van der Waals surface area contributed by atoms with Gasteiger partial charge in [-0.05, 0) is 24.0 Å². The van der Waals surface area contributed by atoms with Gasteiger partial charge in [-0.25, -0.2) is 8.78 Å². The molecule has 0 aromatic heterocycles. The van der Waals surface area contributed by atoms with E-state index >= 15 is 0 Å². The lowest BCUT2D eigenvalue weighted by molar-refractivity contribution is -0.276. The molecule has 1 saturated heterocycles. The van der Waals surface area contributed by atoms with Gasteiger partial charge in [-0.3, -0.25) is 0 Å². The van der Waals surface area contributed by atoms with Crippen LogP contribution < -0.4 is 10.2 Å². The van der Waals surface area contributed by atoms with Crippen molar-refractivity contribution < 1.29 is 36.0 Å². The molecule has 1 aliphatic heterocycles. The molecule has 0 N–H and O–H groups in total. The SMILES string of the molecule is CCCCCCCCCCC1COB(c2cc(F)c(OC(F)(F)F)c(F)c2)OC1. The van der Waals surface area contributed by atoms with Crippen LogP contribution in [0.25, 0.3) is 0 Å². The van der Waals surface area contributed by atoms with Crippen molar-refractivity contribution in [1.82, 2.24) is 0 Å². The molecule has 0 unspecified atom stereocenters. The number of hydrogen-bond acceptors (Lipinski definition) is 3. The smallest absolute Gasteiger partial charge is 0.407 e. The summed E-state index contributed by atoms with van der Waals surface area (Å²) in [7, 11) is -1.01. The highest BCUT2D eigenvalue weighted by atomic mass is 19.4. The van der Waals surface area contributed by atoms with Crippen molar-refractivity contribution in [3.05, 3.63) is 23.8 Å². The molecular formula is C20H28BF5O3. The third-order valence-electron chi connectivity index (χ3n) is 4.94. The number of ether oxygens (including phenoxy) is 1. The van der Waals surface area contributed by atoms with Crippen LogP contribution in [0, 0.1) is 17.6 Å². The van der Waals surface area contributed by atoms with Gasteiger partial charge in [0.15, 0.2) is 11.6 Å². The molecule has 0 aliphatic carbocycles. The quantitative estimate of drug-likeness (QED) is 0.258. The van der Waals surface area contributed by atoms with Crippen LogP contribution in [0.3, 0.4) is 0 Å².